The lowest BCUT2D eigenvalue weighted by Crippen LogP contribution is -2.67. The summed E-state index contributed by atoms with van der Waals surface area (Å²) in [5, 5.41) is 66.0. The van der Waals surface area contributed by atoms with Crippen LogP contribution in [-0.4, -0.2) is 196 Å². The van der Waals surface area contributed by atoms with Gasteiger partial charge in [-0.05, 0) is 91.1 Å². The molecular formula is C76H92N16O17. The summed E-state index contributed by atoms with van der Waals surface area (Å²) in [6.45, 7) is 7.67. The van der Waals surface area contributed by atoms with Crippen LogP contribution in [0.4, 0.5) is 0 Å². The number of hydrogen-bond donors (Lipinski definition) is 18. The van der Waals surface area contributed by atoms with Gasteiger partial charge in [0.1, 0.15) is 53.9 Å². The number of nitrogens with two attached hydrogens (primary N) is 2. The maximum atomic E-state index is 14.8. The lowest BCUT2D eigenvalue weighted by Gasteiger charge is -2.34. The number of carboxylic acid groups (broad SMARTS) is 2. The van der Waals surface area contributed by atoms with Crippen molar-refractivity contribution in [3.63, 3.8) is 0 Å². The molecule has 0 spiro atoms. The maximum absolute atomic E-state index is 14.8. The number of aryl methyl sites for hydroxylation is 2. The lowest BCUT2D eigenvalue weighted by molar-refractivity contribution is -0.142. The van der Waals surface area contributed by atoms with E-state index in [2.05, 4.69) is 73.1 Å². The molecule has 0 aliphatic heterocycles. The normalized spacial score (nSPS) is 14.7. The Morgan fingerprint density at radius 3 is 1.50 bits per heavy atom. The van der Waals surface area contributed by atoms with Gasteiger partial charge in [0.05, 0.1) is 50.3 Å². The average molecular weight is 1500 g/mol. The van der Waals surface area contributed by atoms with E-state index in [9.17, 15) is 82.8 Å². The summed E-state index contributed by atoms with van der Waals surface area (Å²) < 4.78 is 0. The molecule has 7 aromatic rings. The number of carbonyl (C=O) groups excluding carboxylic acids is 11. The molecule has 0 aliphatic rings. The Morgan fingerprint density at radius 2 is 0.954 bits per heavy atom. The second kappa shape index (κ2) is 39.7. The maximum Gasteiger partial charge on any atom is 0.305 e. The number of hydrogen-bond acceptors (Lipinski definition) is 18. The van der Waals surface area contributed by atoms with Crippen molar-refractivity contribution >= 4 is 76.9 Å². The summed E-state index contributed by atoms with van der Waals surface area (Å²) in [6, 6.07) is 23.1. The highest BCUT2D eigenvalue weighted by Gasteiger charge is 2.42. The second-order valence-electron chi connectivity index (χ2n) is 26.6. The number of benzene rings is 5. The fraction of sp³-hybridized carbons (Fsp3) is 0.355. The first-order chi connectivity index (χ1) is 51.8. The van der Waals surface area contributed by atoms with Crippen molar-refractivity contribution < 1.29 is 82.8 Å². The number of aliphatic carboxylic acids is 2. The molecule has 2 aromatic heterocycles. The van der Waals surface area contributed by atoms with Gasteiger partial charge in [-0.25, -0.2) is 9.97 Å². The van der Waals surface area contributed by atoms with E-state index in [4.69, 9.17) is 11.5 Å². The first-order valence-electron chi connectivity index (χ1n) is 35.0. The predicted molar refractivity (Wildman–Crippen MR) is 396 cm³/mol. The minimum atomic E-state index is -2.17. The third kappa shape index (κ3) is 25.1. The summed E-state index contributed by atoms with van der Waals surface area (Å²) in [5.74, 6) is -15.1. The number of carboxylic acids is 2. The molecule has 0 aliphatic carbocycles. The Kier molecular flexibility index (Phi) is 30.5. The Hall–Kier alpha value is -12.5. The van der Waals surface area contributed by atoms with Crippen molar-refractivity contribution in [1.29, 1.82) is 0 Å². The molecule has 0 saturated carbocycles. The molecule has 0 fully saturated rings. The Bertz CT molecular complexity index is 4330. The molecule has 33 nitrogen and oxygen atoms in total. The number of amides is 11. The van der Waals surface area contributed by atoms with Gasteiger partial charge in [0.15, 0.2) is 0 Å². The highest BCUT2D eigenvalue weighted by molar-refractivity contribution is 6.01. The number of imidazole rings is 2. The summed E-state index contributed by atoms with van der Waals surface area (Å²) >= 11 is 0. The van der Waals surface area contributed by atoms with E-state index in [1.165, 1.54) is 38.9 Å². The number of nitrogens with zero attached hydrogens (tertiary/aromatic N) is 2. The molecule has 33 heteroatoms. The molecular weight excluding hydrogens is 1410 g/mol. The molecule has 7 rings (SSSR count). The van der Waals surface area contributed by atoms with Crippen molar-refractivity contribution in [1.82, 2.24) is 73.1 Å². The fourth-order valence-corrected chi connectivity index (χ4v) is 11.8. The zero-order valence-electron chi connectivity index (χ0n) is 60.8. The van der Waals surface area contributed by atoms with Crippen LogP contribution in [0.25, 0.3) is 22.3 Å². The number of nitrogens with one attached hydrogen (secondary N) is 12. The fourth-order valence-electron chi connectivity index (χ4n) is 11.8. The van der Waals surface area contributed by atoms with E-state index < -0.39 is 175 Å². The Balaban J connectivity index is 1.07. The molecule has 578 valence electrons. The number of aromatic amines is 2. The third-order valence-electron chi connectivity index (χ3n) is 17.8. The topological polar surface area (TPSA) is 533 Å². The van der Waals surface area contributed by atoms with Crippen LogP contribution in [0.1, 0.15) is 86.7 Å². The van der Waals surface area contributed by atoms with Gasteiger partial charge in [0.2, 0.25) is 65.0 Å². The van der Waals surface area contributed by atoms with Crippen LogP contribution in [0.2, 0.25) is 0 Å². The highest BCUT2D eigenvalue weighted by Crippen LogP contribution is 2.27. The molecule has 2 heterocycles. The number of carbonyl (C=O) groups is 13. The summed E-state index contributed by atoms with van der Waals surface area (Å²) in [4.78, 5) is 192. The van der Waals surface area contributed by atoms with Gasteiger partial charge < -0.3 is 95.0 Å². The quantitative estimate of drug-likeness (QED) is 0.0225. The van der Waals surface area contributed by atoms with Crippen molar-refractivity contribution in [3.8, 4) is 22.3 Å². The Morgan fingerprint density at radius 1 is 0.486 bits per heavy atom. The zero-order valence-corrected chi connectivity index (χ0v) is 60.8. The van der Waals surface area contributed by atoms with E-state index in [1.807, 2.05) is 86.6 Å². The van der Waals surface area contributed by atoms with Crippen molar-refractivity contribution in [2.75, 3.05) is 6.54 Å². The molecule has 0 saturated heterocycles. The molecule has 109 heavy (non-hydrogen) atoms. The molecule has 0 bridgehead atoms. The zero-order chi connectivity index (χ0) is 79.6. The van der Waals surface area contributed by atoms with Crippen molar-refractivity contribution in [3.05, 3.63) is 192 Å². The number of H-pyrrole nitrogens is 2. The largest absolute Gasteiger partial charge is 0.481 e. The number of rotatable bonds is 40. The molecule has 0 radical (unpaired) electrons. The SMILES string of the molecule is CCc1ccccc1-c1ccc(C[C@H](NC(=O)[C@H](CC(=O)O)NC(=O)[C@H](Cc2cnc[nH]2)NC(=O)[C@@H](NC(=O)[C@](C)(Cc2ccccc2)NC(=O)[C@@H](NC(=O)CNC(=O)[C@H](CC(=O)O)NC(=O)[C@H](C)NC(=O)[C@@H](N)Cc2cnc[nH]2)[C@@H](C)O)[C@@H](C)O)C(=O)N[C@@H](Cc2ccc(-c3ccccc3C)cc2)C(N)=O)cc1. The van der Waals surface area contributed by atoms with Gasteiger partial charge >= 0.3 is 11.9 Å². The summed E-state index contributed by atoms with van der Waals surface area (Å²) in [6.07, 6.45) is -0.668. The monoisotopic (exact) mass is 1500 g/mol. The first-order valence-corrected chi connectivity index (χ1v) is 35.0. The number of aromatic nitrogens is 4. The van der Waals surface area contributed by atoms with Crippen LogP contribution in [0.3, 0.4) is 0 Å². The highest BCUT2D eigenvalue weighted by atomic mass is 16.4. The summed E-state index contributed by atoms with van der Waals surface area (Å²) in [7, 11) is 0. The van der Waals surface area contributed by atoms with Crippen LogP contribution in [-0.2, 0) is 101 Å². The lowest BCUT2D eigenvalue weighted by atomic mass is 9.90. The molecule has 0 unspecified atom stereocenters. The standard InChI is InChI=1S/C76H92N16O17/c1-7-48-18-12-14-20-54(48)50-27-23-46(24-28-50)30-57(70(104)85-56(66(78)100)29-45-21-25-49(26-22-45)53-19-13-11-15-41(53)2)87-72(106)60(34-63(98)99)88-71(105)58(32-52-37-80-40-83-52)89-73(107)64(43(4)93)91-75(109)76(6,35-47-16-9-8-10-17-47)92-74(108)65(44(5)94)90-61(95)38-81-69(103)59(33-62(96)97)86-67(101)42(3)84-68(102)55(77)31-51-36-79-39-82-51/h8-28,36-37,39-40,42-44,55-60,64-65,93-94H,7,29-35,38,77H2,1-6H3,(H2,78,100)(H,79,82)(H,80,83)(H,81,103)(H,84,102)(H,85,104)(H,86,101)(H,87,106)(H,88,105)(H,89,107)(H,90,95)(H,91,109)(H,92,108)(H,96,97)(H,98,99)/t42-,43+,44+,55-,56-,57-,58-,59-,60-,64-,65-,76-/m0/s1. The van der Waals surface area contributed by atoms with E-state index >= 15 is 0 Å². The molecule has 20 N–H and O–H groups in total. The van der Waals surface area contributed by atoms with E-state index in [0.717, 1.165) is 53.6 Å². The van der Waals surface area contributed by atoms with Gasteiger partial charge in [-0.2, -0.15) is 0 Å². The van der Waals surface area contributed by atoms with Gasteiger partial charge in [-0.15, -0.1) is 0 Å². The minimum Gasteiger partial charge on any atom is -0.481 e. The van der Waals surface area contributed by atoms with Crippen LogP contribution in [0.5, 0.6) is 0 Å². The number of primary amides is 1. The second-order valence-corrected chi connectivity index (χ2v) is 26.6. The van der Waals surface area contributed by atoms with Gasteiger partial charge in [-0.1, -0.05) is 134 Å². The van der Waals surface area contributed by atoms with Crippen LogP contribution >= 0.6 is 0 Å². The average Bonchev–Trinajstić information content (AvgIpc) is 1.22. The molecule has 5 aromatic carbocycles. The first kappa shape index (κ1) is 83.8. The van der Waals surface area contributed by atoms with Gasteiger partial charge in [-0.3, -0.25) is 62.3 Å². The van der Waals surface area contributed by atoms with E-state index in [0.29, 0.717) is 22.4 Å². The third-order valence-corrected chi connectivity index (χ3v) is 17.8. The van der Waals surface area contributed by atoms with Gasteiger partial charge in [0, 0.05) is 55.9 Å². The number of aliphatic hydroxyl groups excluding tert-OH is 2. The van der Waals surface area contributed by atoms with Crippen LogP contribution in [0.15, 0.2) is 152 Å². The smallest absolute Gasteiger partial charge is 0.305 e. The molecule has 11 amide bonds. The van der Waals surface area contributed by atoms with Crippen LogP contribution < -0.4 is 64.6 Å². The van der Waals surface area contributed by atoms with Crippen molar-refractivity contribution in [2.45, 2.75) is 165 Å². The minimum absolute atomic E-state index is 0.0225. The van der Waals surface area contributed by atoms with E-state index in [1.54, 1.807) is 54.6 Å². The van der Waals surface area contributed by atoms with E-state index in [-0.39, 0.29) is 31.4 Å². The Labute approximate surface area is 627 Å². The molecule has 12 atom stereocenters. The van der Waals surface area contributed by atoms with Gasteiger partial charge in [0.25, 0.3) is 0 Å². The van der Waals surface area contributed by atoms with Crippen LogP contribution in [0, 0.1) is 6.92 Å². The predicted octanol–water partition coefficient (Wildman–Crippen LogP) is -0.736. The summed E-state index contributed by atoms with van der Waals surface area (Å²) in [5.41, 5.74) is 17.8. The number of aliphatic hydroxyl groups is 2. The van der Waals surface area contributed by atoms with Crippen molar-refractivity contribution in [2.24, 2.45) is 11.5 Å².